The Balaban J connectivity index is 1.49. The van der Waals surface area contributed by atoms with Crippen molar-refractivity contribution in [2.75, 3.05) is 6.54 Å². The van der Waals surface area contributed by atoms with Crippen LogP contribution in [0.25, 0.3) is 11.5 Å². The molecule has 0 N–H and O–H groups in total. The molecule has 3 aromatic heterocycles. The molecule has 1 aliphatic heterocycles. The topological polar surface area (TPSA) is 67.9 Å². The molecule has 4 heterocycles. The number of aromatic nitrogens is 4. The van der Waals surface area contributed by atoms with Gasteiger partial charge < -0.3 is 4.52 Å². The first-order valence-corrected chi connectivity index (χ1v) is 9.53. The lowest BCUT2D eigenvalue weighted by atomic mass is 10.0. The summed E-state index contributed by atoms with van der Waals surface area (Å²) in [5.74, 6) is 7.22. The summed E-state index contributed by atoms with van der Waals surface area (Å²) in [5.41, 5.74) is 2.37. The van der Waals surface area contributed by atoms with Gasteiger partial charge in [0.25, 0.3) is 0 Å². The van der Waals surface area contributed by atoms with Gasteiger partial charge >= 0.3 is 0 Å². The van der Waals surface area contributed by atoms with E-state index in [-0.39, 0.29) is 11.6 Å². The van der Waals surface area contributed by atoms with Crippen molar-refractivity contribution in [3.63, 3.8) is 0 Å². The molecule has 1 fully saturated rings. The van der Waals surface area contributed by atoms with Gasteiger partial charge in [0.1, 0.15) is 11.4 Å². The van der Waals surface area contributed by atoms with E-state index in [0.717, 1.165) is 17.8 Å². The van der Waals surface area contributed by atoms with Gasteiger partial charge in [0, 0.05) is 23.5 Å². The first-order valence-electron chi connectivity index (χ1n) is 9.53. The summed E-state index contributed by atoms with van der Waals surface area (Å²) in [6.07, 6.45) is 5.82. The van der Waals surface area contributed by atoms with Crippen LogP contribution in [0.2, 0.25) is 0 Å². The monoisotopic (exact) mass is 373 g/mol. The molecule has 1 atom stereocenters. The Labute approximate surface area is 165 Å². The molecular weight excluding hydrogens is 350 g/mol. The zero-order valence-electron chi connectivity index (χ0n) is 16.4. The van der Waals surface area contributed by atoms with E-state index in [1.165, 1.54) is 12.8 Å². The second-order valence-corrected chi connectivity index (χ2v) is 7.64. The fraction of sp³-hybridized carbons (Fsp3) is 0.364. The van der Waals surface area contributed by atoms with E-state index in [0.29, 0.717) is 17.4 Å². The molecule has 0 aromatic carbocycles. The molecule has 1 aliphatic rings. The van der Waals surface area contributed by atoms with Crippen LogP contribution in [0.15, 0.2) is 47.2 Å². The second kappa shape index (κ2) is 7.53. The van der Waals surface area contributed by atoms with Crippen molar-refractivity contribution in [2.24, 2.45) is 0 Å². The zero-order valence-corrected chi connectivity index (χ0v) is 16.4. The van der Waals surface area contributed by atoms with Gasteiger partial charge in [-0.2, -0.15) is 4.98 Å². The molecule has 0 radical (unpaired) electrons. The molecule has 0 saturated carbocycles. The van der Waals surface area contributed by atoms with E-state index in [2.05, 4.69) is 57.6 Å². The Bertz CT molecular complexity index is 999. The van der Waals surface area contributed by atoms with Crippen molar-refractivity contribution in [2.45, 2.75) is 45.2 Å². The predicted octanol–water partition coefficient (Wildman–Crippen LogP) is 3.86. The van der Waals surface area contributed by atoms with E-state index in [4.69, 9.17) is 4.52 Å². The number of likely N-dealkylation sites (tertiary alicyclic amines) is 1. The highest BCUT2D eigenvalue weighted by Gasteiger charge is 2.37. The van der Waals surface area contributed by atoms with Crippen LogP contribution in [-0.2, 0) is 0 Å². The summed E-state index contributed by atoms with van der Waals surface area (Å²) >= 11 is 0. The summed E-state index contributed by atoms with van der Waals surface area (Å²) < 4.78 is 5.54. The Morgan fingerprint density at radius 3 is 2.71 bits per heavy atom. The van der Waals surface area contributed by atoms with Gasteiger partial charge in [-0.1, -0.05) is 17.1 Å². The third-order valence-corrected chi connectivity index (χ3v) is 5.22. The summed E-state index contributed by atoms with van der Waals surface area (Å²) in [5, 5.41) is 4.13. The minimum atomic E-state index is 0.0854. The molecule has 142 valence electrons. The quantitative estimate of drug-likeness (QED) is 0.650. The minimum absolute atomic E-state index is 0.0854. The first-order chi connectivity index (χ1) is 13.5. The van der Waals surface area contributed by atoms with Crippen molar-refractivity contribution in [1.82, 2.24) is 25.0 Å². The van der Waals surface area contributed by atoms with Crippen molar-refractivity contribution in [3.8, 4) is 23.4 Å². The predicted molar refractivity (Wildman–Crippen MR) is 106 cm³/mol. The van der Waals surface area contributed by atoms with Crippen LogP contribution in [0, 0.1) is 11.8 Å². The van der Waals surface area contributed by atoms with Crippen molar-refractivity contribution < 1.29 is 4.52 Å². The first kappa shape index (κ1) is 18.3. The van der Waals surface area contributed by atoms with Gasteiger partial charge in [0.2, 0.25) is 11.7 Å². The van der Waals surface area contributed by atoms with Crippen molar-refractivity contribution in [3.05, 3.63) is 59.9 Å². The van der Waals surface area contributed by atoms with Crippen LogP contribution in [0.5, 0.6) is 0 Å². The number of hydrogen-bond donors (Lipinski definition) is 0. The van der Waals surface area contributed by atoms with E-state index in [1.54, 1.807) is 12.4 Å². The van der Waals surface area contributed by atoms with Crippen LogP contribution in [0.4, 0.5) is 0 Å². The number of hydrogen-bond acceptors (Lipinski definition) is 6. The fourth-order valence-corrected chi connectivity index (χ4v) is 3.66. The van der Waals surface area contributed by atoms with Crippen LogP contribution in [-0.4, -0.2) is 37.1 Å². The summed E-state index contributed by atoms with van der Waals surface area (Å²) in [7, 11) is 0. The van der Waals surface area contributed by atoms with Crippen LogP contribution in [0.3, 0.4) is 0 Å². The third-order valence-electron chi connectivity index (χ3n) is 5.22. The summed E-state index contributed by atoms with van der Waals surface area (Å²) in [6, 6.07) is 9.51. The molecule has 1 unspecified atom stereocenters. The van der Waals surface area contributed by atoms with Gasteiger partial charge in [-0.15, -0.1) is 0 Å². The normalized spacial score (nSPS) is 17.1. The van der Waals surface area contributed by atoms with Gasteiger partial charge in [0.15, 0.2) is 0 Å². The van der Waals surface area contributed by atoms with Gasteiger partial charge in [0.05, 0.1) is 6.04 Å². The lowest BCUT2D eigenvalue weighted by Crippen LogP contribution is -2.39. The molecule has 0 spiro atoms. The average Bonchev–Trinajstić information content (AvgIpc) is 3.33. The summed E-state index contributed by atoms with van der Waals surface area (Å²) in [6.45, 7) is 7.70. The minimum Gasteiger partial charge on any atom is -0.337 e. The van der Waals surface area contributed by atoms with E-state index < -0.39 is 0 Å². The lowest BCUT2D eigenvalue weighted by molar-refractivity contribution is 0.103. The molecule has 0 amide bonds. The molecule has 0 aliphatic carbocycles. The third kappa shape index (κ3) is 3.80. The standard InChI is InChI=1S/C22H23N5O/c1-16(27-14-6-12-22(27,2)3)21-25-20(26-28-21)19-11-9-17(15-24-19)8-10-18-7-4-5-13-23-18/h4-5,7,9,11,13,15-16H,6,12,14H2,1-3H3. The highest BCUT2D eigenvalue weighted by molar-refractivity contribution is 5.50. The highest BCUT2D eigenvalue weighted by atomic mass is 16.5. The second-order valence-electron chi connectivity index (χ2n) is 7.64. The Hall–Kier alpha value is -3.04. The molecule has 6 nitrogen and oxygen atoms in total. The van der Waals surface area contributed by atoms with E-state index in [1.807, 2.05) is 30.3 Å². The molecule has 28 heavy (non-hydrogen) atoms. The maximum atomic E-state index is 5.54. The molecule has 0 bridgehead atoms. The molecular formula is C22H23N5O. The van der Waals surface area contributed by atoms with Crippen molar-refractivity contribution >= 4 is 0 Å². The molecule has 4 rings (SSSR count). The Kier molecular flexibility index (Phi) is 4.93. The summed E-state index contributed by atoms with van der Waals surface area (Å²) in [4.78, 5) is 15.6. The average molecular weight is 373 g/mol. The highest BCUT2D eigenvalue weighted by Crippen LogP contribution is 2.35. The molecule has 1 saturated heterocycles. The fourth-order valence-electron chi connectivity index (χ4n) is 3.66. The zero-order chi connectivity index (χ0) is 19.6. The van der Waals surface area contributed by atoms with Gasteiger partial charge in [-0.25, -0.2) is 4.98 Å². The number of pyridine rings is 2. The van der Waals surface area contributed by atoms with E-state index in [9.17, 15) is 0 Å². The molecule has 6 heteroatoms. The SMILES string of the molecule is CC(c1nc(-c2ccc(C#Cc3ccccn3)cn2)no1)N1CCCC1(C)C. The van der Waals surface area contributed by atoms with E-state index >= 15 is 0 Å². The van der Waals surface area contributed by atoms with Crippen LogP contribution >= 0.6 is 0 Å². The maximum absolute atomic E-state index is 5.54. The largest absolute Gasteiger partial charge is 0.337 e. The maximum Gasteiger partial charge on any atom is 0.244 e. The molecule has 3 aromatic rings. The van der Waals surface area contributed by atoms with Crippen LogP contribution < -0.4 is 0 Å². The van der Waals surface area contributed by atoms with Crippen molar-refractivity contribution in [1.29, 1.82) is 0 Å². The Morgan fingerprint density at radius 2 is 2.04 bits per heavy atom. The number of nitrogens with zero attached hydrogens (tertiary/aromatic N) is 5. The van der Waals surface area contributed by atoms with Gasteiger partial charge in [-0.05, 0) is 70.3 Å². The lowest BCUT2D eigenvalue weighted by Gasteiger charge is -2.34. The van der Waals surface area contributed by atoms with Gasteiger partial charge in [-0.3, -0.25) is 9.88 Å². The number of rotatable bonds is 3. The smallest absolute Gasteiger partial charge is 0.244 e. The Morgan fingerprint density at radius 1 is 1.14 bits per heavy atom. The van der Waals surface area contributed by atoms with Crippen LogP contribution in [0.1, 0.15) is 56.8 Å².